The fourth-order valence-corrected chi connectivity index (χ4v) is 4.03. The second-order valence-corrected chi connectivity index (χ2v) is 7.80. The van der Waals surface area contributed by atoms with E-state index in [-0.39, 0.29) is 5.91 Å². The van der Waals surface area contributed by atoms with Crippen molar-refractivity contribution in [3.8, 4) is 17.5 Å². The lowest BCUT2D eigenvalue weighted by atomic mass is 10.0. The molecule has 1 aromatic carbocycles. The van der Waals surface area contributed by atoms with Crippen LogP contribution in [0.4, 0.5) is 11.6 Å². The van der Waals surface area contributed by atoms with E-state index in [9.17, 15) is 15.2 Å². The van der Waals surface area contributed by atoms with Crippen molar-refractivity contribution in [3.63, 3.8) is 0 Å². The third-order valence-electron chi connectivity index (χ3n) is 5.55. The Morgan fingerprint density at radius 2 is 2.20 bits per heavy atom. The van der Waals surface area contributed by atoms with Gasteiger partial charge in [-0.15, -0.1) is 0 Å². The summed E-state index contributed by atoms with van der Waals surface area (Å²) >= 11 is 0. The molecular weight excluding hydrogens is 380 g/mol. The van der Waals surface area contributed by atoms with Gasteiger partial charge in [-0.1, -0.05) is 25.5 Å². The summed E-state index contributed by atoms with van der Waals surface area (Å²) in [6.45, 7) is 4.04. The van der Waals surface area contributed by atoms with Gasteiger partial charge < -0.3 is 20.2 Å². The predicted octanol–water partition coefficient (Wildman–Crippen LogP) is 2.64. The third-order valence-corrected chi connectivity index (χ3v) is 5.55. The van der Waals surface area contributed by atoms with Crippen LogP contribution in [-0.2, 0) is 17.9 Å². The lowest BCUT2D eigenvalue weighted by molar-refractivity contribution is -0.117. The molecule has 2 aliphatic rings. The first-order valence-electron chi connectivity index (χ1n) is 10.5. The lowest BCUT2D eigenvalue weighted by Crippen LogP contribution is -2.23. The van der Waals surface area contributed by atoms with Gasteiger partial charge in [0.15, 0.2) is 6.19 Å². The Labute approximate surface area is 176 Å². The predicted molar refractivity (Wildman–Crippen MR) is 113 cm³/mol. The largest absolute Gasteiger partial charge is 0.391 e. The number of carbonyl (C=O) groups excluding carboxylic acids is 1. The van der Waals surface area contributed by atoms with Crippen LogP contribution in [0, 0.1) is 11.5 Å². The van der Waals surface area contributed by atoms with Gasteiger partial charge >= 0.3 is 0 Å². The maximum Gasteiger partial charge on any atom is 0.227 e. The number of benzene rings is 1. The molecule has 30 heavy (non-hydrogen) atoms. The number of hydrogen-bond donors (Lipinski definition) is 2. The van der Waals surface area contributed by atoms with Gasteiger partial charge in [-0.25, -0.2) is 9.97 Å². The molecule has 4 rings (SSSR count). The van der Waals surface area contributed by atoms with Gasteiger partial charge in [-0.2, -0.15) is 5.26 Å². The molecule has 3 heterocycles. The number of aliphatic hydroxyl groups excluding tert-OH is 1. The van der Waals surface area contributed by atoms with Crippen LogP contribution in [0.15, 0.2) is 24.3 Å². The highest BCUT2D eigenvalue weighted by Gasteiger charge is 2.27. The summed E-state index contributed by atoms with van der Waals surface area (Å²) in [5.41, 5.74) is 4.27. The summed E-state index contributed by atoms with van der Waals surface area (Å²) in [7, 11) is 0. The van der Waals surface area contributed by atoms with E-state index >= 15 is 0 Å². The highest BCUT2D eigenvalue weighted by Crippen LogP contribution is 2.33. The Balaban J connectivity index is 1.68. The monoisotopic (exact) mass is 406 g/mol. The molecule has 0 aliphatic carbocycles. The van der Waals surface area contributed by atoms with Crippen molar-refractivity contribution in [1.82, 2.24) is 14.9 Å². The minimum atomic E-state index is -0.463. The zero-order valence-corrected chi connectivity index (χ0v) is 17.1. The number of nitrogens with zero attached hydrogens (tertiary/aromatic N) is 5. The fourth-order valence-electron chi connectivity index (χ4n) is 4.03. The number of carbonyl (C=O) groups is 1. The van der Waals surface area contributed by atoms with Crippen molar-refractivity contribution in [3.05, 3.63) is 35.5 Å². The van der Waals surface area contributed by atoms with E-state index in [2.05, 4.69) is 16.5 Å². The van der Waals surface area contributed by atoms with Crippen molar-refractivity contribution in [2.75, 3.05) is 23.3 Å². The van der Waals surface area contributed by atoms with E-state index in [1.165, 1.54) is 0 Å². The quantitative estimate of drug-likeness (QED) is 0.681. The molecule has 1 unspecified atom stereocenters. The van der Waals surface area contributed by atoms with Crippen LogP contribution >= 0.6 is 0 Å². The minimum absolute atomic E-state index is 0.142. The SMILES string of the molecule is CCCC(O)CNc1nc2c(c(-c3cccc(N4CCCC4=O)c3)n1)CN(C#N)C2. The molecule has 2 aromatic rings. The number of rotatable bonds is 7. The molecule has 8 nitrogen and oxygen atoms in total. The Bertz CT molecular complexity index is 986. The molecule has 8 heteroatoms. The first kappa shape index (κ1) is 20.1. The smallest absolute Gasteiger partial charge is 0.227 e. The molecule has 2 N–H and O–H groups in total. The van der Waals surface area contributed by atoms with Gasteiger partial charge in [-0.3, -0.25) is 4.79 Å². The standard InChI is InChI=1S/C22H26N6O2/c1-2-5-17(29)11-24-22-25-19-13-27(14-23)12-18(19)21(26-22)15-6-3-7-16(10-15)28-9-4-8-20(28)30/h3,6-7,10,17,29H,2,4-5,8-9,11-13H2,1H3,(H,24,25,26). The number of hydrogen-bond acceptors (Lipinski definition) is 7. The van der Waals surface area contributed by atoms with E-state index in [4.69, 9.17) is 4.98 Å². The molecule has 1 atom stereocenters. The summed E-state index contributed by atoms with van der Waals surface area (Å²) in [5.74, 6) is 0.587. The molecule has 156 valence electrons. The zero-order valence-electron chi connectivity index (χ0n) is 17.1. The molecule has 0 saturated carbocycles. The summed E-state index contributed by atoms with van der Waals surface area (Å²) in [6, 6.07) is 7.82. The van der Waals surface area contributed by atoms with Gasteiger partial charge in [0.25, 0.3) is 0 Å². The van der Waals surface area contributed by atoms with Crippen molar-refractivity contribution >= 4 is 17.5 Å². The highest BCUT2D eigenvalue weighted by molar-refractivity contribution is 5.96. The van der Waals surface area contributed by atoms with Crippen LogP contribution in [0.5, 0.6) is 0 Å². The van der Waals surface area contributed by atoms with Crippen LogP contribution in [0.2, 0.25) is 0 Å². The Morgan fingerprint density at radius 3 is 2.93 bits per heavy atom. The number of nitrogens with one attached hydrogen (secondary N) is 1. The van der Waals surface area contributed by atoms with Crippen molar-refractivity contribution < 1.29 is 9.90 Å². The first-order chi connectivity index (χ1) is 14.6. The third kappa shape index (κ3) is 4.07. The maximum absolute atomic E-state index is 12.2. The Morgan fingerprint density at radius 1 is 1.33 bits per heavy atom. The maximum atomic E-state index is 12.2. The second kappa shape index (κ2) is 8.67. The summed E-state index contributed by atoms with van der Waals surface area (Å²) in [6.07, 6.45) is 4.79. The molecule has 1 amide bonds. The van der Waals surface area contributed by atoms with Gasteiger partial charge in [0.05, 0.1) is 30.6 Å². The van der Waals surface area contributed by atoms with E-state index in [1.54, 1.807) is 4.90 Å². The fraction of sp³-hybridized carbons (Fsp3) is 0.455. The van der Waals surface area contributed by atoms with Gasteiger partial charge in [0, 0.05) is 36.3 Å². The molecule has 2 aliphatic heterocycles. The summed E-state index contributed by atoms with van der Waals surface area (Å²) in [4.78, 5) is 24.9. The van der Waals surface area contributed by atoms with E-state index in [0.29, 0.717) is 38.4 Å². The second-order valence-electron chi connectivity index (χ2n) is 7.80. The topological polar surface area (TPSA) is 105 Å². The van der Waals surface area contributed by atoms with E-state index in [1.807, 2.05) is 36.1 Å². The van der Waals surface area contributed by atoms with Crippen LogP contribution in [0.25, 0.3) is 11.3 Å². The summed E-state index contributed by atoms with van der Waals surface area (Å²) < 4.78 is 0. The van der Waals surface area contributed by atoms with Gasteiger partial charge in [0.2, 0.25) is 11.9 Å². The molecule has 0 bridgehead atoms. The molecule has 0 radical (unpaired) electrons. The number of aromatic nitrogens is 2. The molecular formula is C22H26N6O2. The Hall–Kier alpha value is -3.18. The highest BCUT2D eigenvalue weighted by atomic mass is 16.3. The van der Waals surface area contributed by atoms with Gasteiger partial charge in [-0.05, 0) is 25.0 Å². The minimum Gasteiger partial charge on any atom is -0.391 e. The number of amides is 1. The molecule has 0 spiro atoms. The molecule has 1 saturated heterocycles. The average Bonchev–Trinajstić information content (AvgIpc) is 3.37. The van der Waals surface area contributed by atoms with Gasteiger partial charge in [0.1, 0.15) is 0 Å². The Kier molecular flexibility index (Phi) is 5.81. The van der Waals surface area contributed by atoms with Crippen LogP contribution in [0.3, 0.4) is 0 Å². The zero-order chi connectivity index (χ0) is 21.1. The normalized spacial score (nSPS) is 16.5. The van der Waals surface area contributed by atoms with Crippen molar-refractivity contribution in [1.29, 1.82) is 5.26 Å². The lowest BCUT2D eigenvalue weighted by Gasteiger charge is -2.17. The number of anilines is 2. The van der Waals surface area contributed by atoms with Crippen molar-refractivity contribution in [2.24, 2.45) is 0 Å². The first-order valence-corrected chi connectivity index (χ1v) is 10.5. The van der Waals surface area contributed by atoms with E-state index < -0.39 is 6.10 Å². The number of aliphatic hydroxyl groups is 1. The number of fused-ring (bicyclic) bond motifs is 1. The number of nitriles is 1. The van der Waals surface area contributed by atoms with Crippen LogP contribution in [-0.4, -0.2) is 45.1 Å². The average molecular weight is 406 g/mol. The molecule has 1 fully saturated rings. The van der Waals surface area contributed by atoms with Crippen molar-refractivity contribution in [2.45, 2.75) is 51.8 Å². The molecule has 1 aromatic heterocycles. The van der Waals surface area contributed by atoms with E-state index in [0.717, 1.165) is 47.6 Å². The summed E-state index contributed by atoms with van der Waals surface area (Å²) in [5, 5.41) is 22.5. The van der Waals surface area contributed by atoms with Crippen LogP contribution in [0.1, 0.15) is 43.9 Å². The van der Waals surface area contributed by atoms with Crippen LogP contribution < -0.4 is 10.2 Å².